The monoisotopic (exact) mass is 194 g/mol. The van der Waals surface area contributed by atoms with E-state index in [0.717, 1.165) is 4.48 Å². The second kappa shape index (κ2) is 3.54. The summed E-state index contributed by atoms with van der Waals surface area (Å²) in [5, 5.41) is 0. The van der Waals surface area contributed by atoms with E-state index >= 15 is 0 Å². The fraction of sp³-hybridized carbons (Fsp3) is 0.692. The fourth-order valence-electron chi connectivity index (χ4n) is 1.94. The van der Waals surface area contributed by atoms with Crippen molar-refractivity contribution in [2.75, 3.05) is 13.6 Å². The van der Waals surface area contributed by atoms with Gasteiger partial charge < -0.3 is 0 Å². The van der Waals surface area contributed by atoms with Gasteiger partial charge in [-0.05, 0) is 31.4 Å². The molecule has 1 heteroatoms. The van der Waals surface area contributed by atoms with Crippen LogP contribution in [0.1, 0.15) is 34.1 Å². The lowest BCUT2D eigenvalue weighted by Gasteiger charge is -2.54. The van der Waals surface area contributed by atoms with Gasteiger partial charge in [0.2, 0.25) is 0 Å². The van der Waals surface area contributed by atoms with Gasteiger partial charge in [0, 0.05) is 0 Å². The van der Waals surface area contributed by atoms with Crippen molar-refractivity contribution < 1.29 is 4.48 Å². The molecule has 0 aliphatic carbocycles. The second-order valence-electron chi connectivity index (χ2n) is 5.33. The minimum Gasteiger partial charge on any atom is -0.291 e. The minimum atomic E-state index is 0.260. The van der Waals surface area contributed by atoms with Crippen LogP contribution in [0.25, 0.3) is 0 Å². The van der Waals surface area contributed by atoms with Gasteiger partial charge in [0.15, 0.2) is 0 Å². The van der Waals surface area contributed by atoms with E-state index in [4.69, 9.17) is 0 Å². The number of rotatable bonds is 3. The van der Waals surface area contributed by atoms with Gasteiger partial charge in [-0.1, -0.05) is 20.4 Å². The molecular formula is C13H24N+. The molecule has 0 spiro atoms. The SMILES string of the molecule is C=CC1(C)CC[N+]1(C)/C=C(\C)C(C)C. The van der Waals surface area contributed by atoms with E-state index in [1.807, 2.05) is 0 Å². The third kappa shape index (κ3) is 1.66. The third-order valence-corrected chi connectivity index (χ3v) is 4.09. The van der Waals surface area contributed by atoms with Crippen molar-refractivity contribution >= 4 is 0 Å². The van der Waals surface area contributed by atoms with Gasteiger partial charge in [0.05, 0.1) is 26.2 Å². The Kier molecular flexibility index (Phi) is 2.91. The first-order valence-corrected chi connectivity index (χ1v) is 5.53. The maximum absolute atomic E-state index is 3.96. The Bertz CT molecular complexity index is 264. The van der Waals surface area contributed by atoms with Crippen LogP contribution in [0.3, 0.4) is 0 Å². The topological polar surface area (TPSA) is 0 Å². The molecule has 1 aliphatic heterocycles. The lowest BCUT2D eigenvalue weighted by atomic mass is 9.83. The maximum atomic E-state index is 3.96. The molecule has 14 heavy (non-hydrogen) atoms. The highest BCUT2D eigenvalue weighted by Gasteiger charge is 2.50. The van der Waals surface area contributed by atoms with Crippen LogP contribution in [0.5, 0.6) is 0 Å². The molecule has 0 amide bonds. The van der Waals surface area contributed by atoms with Gasteiger partial charge in [-0.3, -0.25) is 4.48 Å². The predicted octanol–water partition coefficient (Wildman–Crippen LogP) is 3.34. The lowest BCUT2D eigenvalue weighted by Crippen LogP contribution is -2.66. The zero-order chi connectivity index (χ0) is 11.0. The smallest absolute Gasteiger partial charge is 0.124 e. The summed E-state index contributed by atoms with van der Waals surface area (Å²) < 4.78 is 1.03. The number of likely N-dealkylation sites (N-methyl/N-ethyl adjacent to an activating group) is 1. The summed E-state index contributed by atoms with van der Waals surface area (Å²) in [4.78, 5) is 0. The van der Waals surface area contributed by atoms with Crippen molar-refractivity contribution in [1.29, 1.82) is 0 Å². The summed E-state index contributed by atoms with van der Waals surface area (Å²) >= 11 is 0. The Morgan fingerprint density at radius 1 is 1.50 bits per heavy atom. The van der Waals surface area contributed by atoms with E-state index in [2.05, 4.69) is 53.6 Å². The van der Waals surface area contributed by atoms with Crippen molar-refractivity contribution in [3.05, 3.63) is 24.4 Å². The van der Waals surface area contributed by atoms with Gasteiger partial charge in [-0.15, -0.1) is 0 Å². The largest absolute Gasteiger partial charge is 0.291 e. The molecule has 0 saturated carbocycles. The van der Waals surface area contributed by atoms with Crippen molar-refractivity contribution in [3.8, 4) is 0 Å². The maximum Gasteiger partial charge on any atom is 0.124 e. The summed E-state index contributed by atoms with van der Waals surface area (Å²) in [5.74, 6) is 0.652. The van der Waals surface area contributed by atoms with Gasteiger partial charge in [0.25, 0.3) is 0 Å². The number of likely N-dealkylation sites (tertiary alicyclic amines) is 1. The summed E-state index contributed by atoms with van der Waals surface area (Å²) in [7, 11) is 2.30. The first kappa shape index (κ1) is 11.5. The molecular weight excluding hydrogens is 170 g/mol. The summed E-state index contributed by atoms with van der Waals surface area (Å²) in [6, 6.07) is 0. The Morgan fingerprint density at radius 3 is 2.36 bits per heavy atom. The number of nitrogens with zero attached hydrogens (tertiary/aromatic N) is 1. The molecule has 2 atom stereocenters. The molecule has 0 aromatic carbocycles. The average molecular weight is 194 g/mol. The van der Waals surface area contributed by atoms with Crippen LogP contribution < -0.4 is 0 Å². The molecule has 1 aliphatic rings. The van der Waals surface area contributed by atoms with Crippen LogP contribution in [-0.4, -0.2) is 23.6 Å². The standard InChI is InChI=1S/C13H24N/c1-7-13(5)8-9-14(13,6)10-12(4)11(2)3/h7,10-11H,1,8-9H2,2-6H3/q+1/b12-10+. The van der Waals surface area contributed by atoms with Gasteiger partial charge in [-0.25, -0.2) is 0 Å². The molecule has 1 rings (SSSR count). The van der Waals surface area contributed by atoms with Crippen LogP contribution in [0.15, 0.2) is 24.4 Å². The van der Waals surface area contributed by atoms with Crippen LogP contribution >= 0.6 is 0 Å². The number of allylic oxidation sites excluding steroid dienone is 1. The van der Waals surface area contributed by atoms with Crippen LogP contribution in [-0.2, 0) is 0 Å². The molecule has 0 aromatic rings. The van der Waals surface area contributed by atoms with E-state index in [0.29, 0.717) is 5.92 Å². The highest BCUT2D eigenvalue weighted by molar-refractivity contribution is 5.05. The van der Waals surface area contributed by atoms with Crippen LogP contribution in [0.4, 0.5) is 0 Å². The number of quaternary nitrogens is 1. The molecule has 0 N–H and O–H groups in total. The van der Waals surface area contributed by atoms with Gasteiger partial charge in [0.1, 0.15) is 5.54 Å². The molecule has 2 unspecified atom stereocenters. The fourth-order valence-corrected chi connectivity index (χ4v) is 1.94. The van der Waals surface area contributed by atoms with E-state index < -0.39 is 0 Å². The summed E-state index contributed by atoms with van der Waals surface area (Å²) in [6.07, 6.45) is 5.78. The molecule has 1 fully saturated rings. The lowest BCUT2D eigenvalue weighted by molar-refractivity contribution is -0.947. The third-order valence-electron chi connectivity index (χ3n) is 4.09. The Hall–Kier alpha value is -0.560. The van der Waals surface area contributed by atoms with Crippen LogP contribution in [0.2, 0.25) is 0 Å². The van der Waals surface area contributed by atoms with Crippen molar-refractivity contribution in [1.82, 2.24) is 0 Å². The first-order valence-electron chi connectivity index (χ1n) is 5.53. The highest BCUT2D eigenvalue weighted by Crippen LogP contribution is 2.39. The van der Waals surface area contributed by atoms with Crippen molar-refractivity contribution in [2.45, 2.75) is 39.7 Å². The average Bonchev–Trinajstić information content (AvgIpc) is 2.14. The van der Waals surface area contributed by atoms with Gasteiger partial charge in [-0.2, -0.15) is 0 Å². The summed E-state index contributed by atoms with van der Waals surface area (Å²) in [5.41, 5.74) is 1.75. The Balaban J connectivity index is 2.88. The van der Waals surface area contributed by atoms with E-state index in [1.165, 1.54) is 18.5 Å². The Labute approximate surface area is 88.7 Å². The van der Waals surface area contributed by atoms with E-state index in [1.54, 1.807) is 0 Å². The zero-order valence-corrected chi connectivity index (χ0v) is 10.3. The molecule has 1 nitrogen and oxygen atoms in total. The quantitative estimate of drug-likeness (QED) is 0.477. The molecule has 0 radical (unpaired) electrons. The molecule has 80 valence electrons. The molecule has 0 aromatic heterocycles. The normalized spacial score (nSPS) is 38.3. The molecule has 1 heterocycles. The first-order chi connectivity index (χ1) is 6.34. The summed E-state index contributed by atoms with van der Waals surface area (Å²) in [6.45, 7) is 14.2. The van der Waals surface area contributed by atoms with Gasteiger partial charge >= 0.3 is 0 Å². The minimum absolute atomic E-state index is 0.260. The molecule has 1 saturated heterocycles. The van der Waals surface area contributed by atoms with E-state index in [-0.39, 0.29) is 5.54 Å². The number of hydrogen-bond donors (Lipinski definition) is 0. The zero-order valence-electron chi connectivity index (χ0n) is 10.3. The Morgan fingerprint density at radius 2 is 2.07 bits per heavy atom. The predicted molar refractivity (Wildman–Crippen MR) is 62.9 cm³/mol. The van der Waals surface area contributed by atoms with Crippen LogP contribution in [0, 0.1) is 5.92 Å². The highest BCUT2D eigenvalue weighted by atomic mass is 15.4. The van der Waals surface area contributed by atoms with E-state index in [9.17, 15) is 0 Å². The second-order valence-corrected chi connectivity index (χ2v) is 5.33. The van der Waals surface area contributed by atoms with Crippen molar-refractivity contribution in [2.24, 2.45) is 5.92 Å². The number of hydrogen-bond acceptors (Lipinski definition) is 0. The van der Waals surface area contributed by atoms with Crippen molar-refractivity contribution in [3.63, 3.8) is 0 Å². The molecule has 0 bridgehead atoms.